The van der Waals surface area contributed by atoms with E-state index in [2.05, 4.69) is 48.0 Å². The van der Waals surface area contributed by atoms with E-state index in [-0.39, 0.29) is 29.4 Å². The van der Waals surface area contributed by atoms with Gasteiger partial charge in [0.25, 0.3) is 0 Å². The molecule has 6 heteroatoms. The van der Waals surface area contributed by atoms with Gasteiger partial charge in [-0.05, 0) is 6.92 Å². The van der Waals surface area contributed by atoms with Gasteiger partial charge >= 0.3 is 0 Å². The highest BCUT2D eigenvalue weighted by molar-refractivity contribution is 14.0. The van der Waals surface area contributed by atoms with Gasteiger partial charge in [0.15, 0.2) is 5.96 Å². The predicted molar refractivity (Wildman–Crippen MR) is 99.2 cm³/mol. The van der Waals surface area contributed by atoms with Crippen LogP contribution in [-0.2, 0) is 11.8 Å². The molecule has 0 radical (unpaired) electrons. The van der Waals surface area contributed by atoms with E-state index in [4.69, 9.17) is 5.73 Å². The average Bonchev–Trinajstić information content (AvgIpc) is 2.74. The Hall–Kier alpha value is -0.630. The molecule has 0 aliphatic carbocycles. The molecule has 0 unspecified atom stereocenters. The zero-order valence-corrected chi connectivity index (χ0v) is 15.8. The van der Waals surface area contributed by atoms with Crippen molar-refractivity contribution in [2.24, 2.45) is 10.7 Å². The molecule has 0 bridgehead atoms. The zero-order chi connectivity index (χ0) is 14.5. The van der Waals surface area contributed by atoms with E-state index in [1.165, 1.54) is 0 Å². The Bertz CT molecular complexity index is 460. The number of halogens is 1. The average molecular weight is 408 g/mol. The summed E-state index contributed by atoms with van der Waals surface area (Å²) in [6.45, 7) is 13.6. The molecule has 0 aliphatic heterocycles. The Balaban J connectivity index is 0.00000361. The van der Waals surface area contributed by atoms with Crippen molar-refractivity contribution < 1.29 is 0 Å². The standard InChI is InChI=1S/C14H24N4S.HI/c1-10(2)8-17-13(15)16-7-6-12-18-11(9-19-12)14(3,4)5;/h9H,1,6-8H2,2-5H3,(H3,15,16,17);1H. The van der Waals surface area contributed by atoms with Crippen molar-refractivity contribution in [3.63, 3.8) is 0 Å². The predicted octanol–water partition coefficient (Wildman–Crippen LogP) is 3.08. The molecule has 114 valence electrons. The molecule has 4 nitrogen and oxygen atoms in total. The van der Waals surface area contributed by atoms with Gasteiger partial charge in [0.05, 0.1) is 17.2 Å². The monoisotopic (exact) mass is 408 g/mol. The number of aliphatic imine (C=N–C) groups is 1. The highest BCUT2D eigenvalue weighted by Crippen LogP contribution is 2.23. The molecule has 0 aromatic carbocycles. The molecule has 1 heterocycles. The SMILES string of the molecule is C=C(C)CN=C(N)NCCc1nc(C(C)(C)C)cs1.I. The lowest BCUT2D eigenvalue weighted by Gasteiger charge is -2.14. The van der Waals surface area contributed by atoms with Gasteiger partial charge in [-0.3, -0.25) is 0 Å². The van der Waals surface area contributed by atoms with Crippen LogP contribution in [-0.4, -0.2) is 24.0 Å². The third-order valence-electron chi connectivity index (χ3n) is 2.48. The summed E-state index contributed by atoms with van der Waals surface area (Å²) in [4.78, 5) is 8.80. The molecule has 0 saturated heterocycles. The van der Waals surface area contributed by atoms with E-state index < -0.39 is 0 Å². The second-order valence-corrected chi connectivity index (χ2v) is 6.65. The summed E-state index contributed by atoms with van der Waals surface area (Å²) in [7, 11) is 0. The molecule has 0 atom stereocenters. The topological polar surface area (TPSA) is 63.3 Å². The van der Waals surface area contributed by atoms with Crippen LogP contribution in [0.3, 0.4) is 0 Å². The first-order valence-electron chi connectivity index (χ1n) is 6.42. The summed E-state index contributed by atoms with van der Waals surface area (Å²) in [5.74, 6) is 0.468. The van der Waals surface area contributed by atoms with E-state index in [1.807, 2.05) is 6.92 Å². The van der Waals surface area contributed by atoms with Crippen molar-refractivity contribution in [1.82, 2.24) is 10.3 Å². The van der Waals surface area contributed by atoms with Crippen LogP contribution in [0.5, 0.6) is 0 Å². The van der Waals surface area contributed by atoms with Crippen molar-refractivity contribution in [1.29, 1.82) is 0 Å². The fourth-order valence-electron chi connectivity index (χ4n) is 1.34. The molecule has 0 aliphatic rings. The van der Waals surface area contributed by atoms with Crippen LogP contribution >= 0.6 is 35.3 Å². The zero-order valence-electron chi connectivity index (χ0n) is 12.7. The van der Waals surface area contributed by atoms with Gasteiger partial charge in [0.2, 0.25) is 0 Å². The van der Waals surface area contributed by atoms with Crippen LogP contribution in [0.2, 0.25) is 0 Å². The smallest absolute Gasteiger partial charge is 0.188 e. The third-order valence-corrected chi connectivity index (χ3v) is 3.39. The van der Waals surface area contributed by atoms with Crippen molar-refractivity contribution in [2.45, 2.75) is 39.5 Å². The summed E-state index contributed by atoms with van der Waals surface area (Å²) in [6, 6.07) is 0. The van der Waals surface area contributed by atoms with E-state index in [0.29, 0.717) is 12.5 Å². The van der Waals surface area contributed by atoms with Crippen LogP contribution in [0.1, 0.15) is 38.4 Å². The van der Waals surface area contributed by atoms with Crippen LogP contribution in [0, 0.1) is 0 Å². The maximum absolute atomic E-state index is 5.74. The summed E-state index contributed by atoms with van der Waals surface area (Å²) in [5, 5.41) is 6.35. The van der Waals surface area contributed by atoms with E-state index in [9.17, 15) is 0 Å². The number of hydrogen-bond acceptors (Lipinski definition) is 3. The summed E-state index contributed by atoms with van der Waals surface area (Å²) >= 11 is 1.70. The number of rotatable bonds is 5. The Morgan fingerprint density at radius 1 is 1.50 bits per heavy atom. The molecule has 20 heavy (non-hydrogen) atoms. The van der Waals surface area contributed by atoms with Gasteiger partial charge in [-0.1, -0.05) is 32.9 Å². The molecule has 0 fully saturated rings. The quantitative estimate of drug-likeness (QED) is 0.341. The largest absolute Gasteiger partial charge is 0.370 e. The van der Waals surface area contributed by atoms with Crippen molar-refractivity contribution in [3.8, 4) is 0 Å². The van der Waals surface area contributed by atoms with Crippen LogP contribution in [0.15, 0.2) is 22.5 Å². The second kappa shape index (κ2) is 8.61. The molecule has 0 amide bonds. The maximum atomic E-state index is 5.74. The minimum absolute atomic E-state index is 0. The maximum Gasteiger partial charge on any atom is 0.188 e. The van der Waals surface area contributed by atoms with Crippen LogP contribution in [0.4, 0.5) is 0 Å². The van der Waals surface area contributed by atoms with Crippen molar-refractivity contribution in [2.75, 3.05) is 13.1 Å². The molecule has 3 N–H and O–H groups in total. The highest BCUT2D eigenvalue weighted by Gasteiger charge is 2.17. The third kappa shape index (κ3) is 7.23. The molecule has 0 spiro atoms. The fourth-order valence-corrected chi connectivity index (χ4v) is 2.37. The summed E-state index contributed by atoms with van der Waals surface area (Å²) < 4.78 is 0. The van der Waals surface area contributed by atoms with Gasteiger partial charge in [-0.2, -0.15) is 0 Å². The minimum atomic E-state index is 0. The number of nitrogens with one attached hydrogen (secondary N) is 1. The van der Waals surface area contributed by atoms with E-state index in [0.717, 1.165) is 29.2 Å². The number of guanidine groups is 1. The fraction of sp³-hybridized carbons (Fsp3) is 0.571. The Labute approximate surface area is 143 Å². The number of thiazole rings is 1. The highest BCUT2D eigenvalue weighted by atomic mass is 127. The molecular formula is C14H25IN4S. The van der Waals surface area contributed by atoms with E-state index >= 15 is 0 Å². The van der Waals surface area contributed by atoms with Gasteiger partial charge in [0, 0.05) is 23.8 Å². The summed E-state index contributed by atoms with van der Waals surface area (Å²) in [5.41, 5.74) is 8.01. The lowest BCUT2D eigenvalue weighted by molar-refractivity contribution is 0.570. The lowest BCUT2D eigenvalue weighted by Crippen LogP contribution is -2.33. The first-order chi connectivity index (χ1) is 8.79. The van der Waals surface area contributed by atoms with E-state index in [1.54, 1.807) is 11.3 Å². The Morgan fingerprint density at radius 3 is 2.65 bits per heavy atom. The minimum Gasteiger partial charge on any atom is -0.370 e. The first-order valence-corrected chi connectivity index (χ1v) is 7.30. The number of nitrogens with zero attached hydrogens (tertiary/aromatic N) is 2. The Kier molecular flexibility index (Phi) is 8.34. The molecule has 0 saturated carbocycles. The number of hydrogen-bond donors (Lipinski definition) is 2. The lowest BCUT2D eigenvalue weighted by atomic mass is 9.93. The van der Waals surface area contributed by atoms with Gasteiger partial charge in [0.1, 0.15) is 0 Å². The van der Waals surface area contributed by atoms with Gasteiger partial charge in [-0.25, -0.2) is 9.98 Å². The van der Waals surface area contributed by atoms with Gasteiger partial charge < -0.3 is 11.1 Å². The molecule has 1 rings (SSSR count). The number of nitrogens with two attached hydrogens (primary N) is 1. The Morgan fingerprint density at radius 2 is 2.15 bits per heavy atom. The van der Waals surface area contributed by atoms with Crippen LogP contribution < -0.4 is 11.1 Å². The van der Waals surface area contributed by atoms with Crippen molar-refractivity contribution >= 4 is 41.3 Å². The van der Waals surface area contributed by atoms with Crippen LogP contribution in [0.25, 0.3) is 0 Å². The first kappa shape index (κ1) is 19.4. The molecule has 1 aromatic rings. The van der Waals surface area contributed by atoms with Gasteiger partial charge in [-0.15, -0.1) is 35.3 Å². The van der Waals surface area contributed by atoms with Crippen molar-refractivity contribution in [3.05, 3.63) is 28.2 Å². The normalized spacial score (nSPS) is 11.9. The molecule has 1 aromatic heterocycles. The molecular weight excluding hydrogens is 383 g/mol. The number of aromatic nitrogens is 1. The second-order valence-electron chi connectivity index (χ2n) is 5.71. The summed E-state index contributed by atoms with van der Waals surface area (Å²) in [6.07, 6.45) is 0.865.